The van der Waals surface area contributed by atoms with Crippen molar-refractivity contribution in [1.29, 1.82) is 0 Å². The van der Waals surface area contributed by atoms with Crippen molar-refractivity contribution in [1.82, 2.24) is 0 Å². The van der Waals surface area contributed by atoms with Crippen molar-refractivity contribution in [2.24, 2.45) is 4.99 Å². The van der Waals surface area contributed by atoms with Crippen molar-refractivity contribution in [3.8, 4) is 11.5 Å². The molecule has 20 heavy (non-hydrogen) atoms. The van der Waals surface area contributed by atoms with E-state index in [2.05, 4.69) is 32.3 Å². The Kier molecular flexibility index (Phi) is 5.56. The van der Waals surface area contributed by atoms with Gasteiger partial charge < -0.3 is 9.47 Å². The van der Waals surface area contributed by atoms with Crippen LogP contribution in [-0.2, 0) is 0 Å². The fourth-order valence-corrected chi connectivity index (χ4v) is 2.28. The number of allylic oxidation sites excluding steroid dienone is 2. The minimum Gasteiger partial charge on any atom is -0.493 e. The van der Waals surface area contributed by atoms with Gasteiger partial charge in [0.15, 0.2) is 11.5 Å². The molecule has 0 amide bonds. The van der Waals surface area contributed by atoms with E-state index in [1.807, 2.05) is 19.1 Å². The number of aryl methyl sites for hydroxylation is 1. The molecule has 3 heteroatoms. The number of ether oxygens (including phenoxy) is 2. The molecule has 0 fully saturated rings. The summed E-state index contributed by atoms with van der Waals surface area (Å²) in [6, 6.07) is 3.98. The van der Waals surface area contributed by atoms with Gasteiger partial charge in [0.25, 0.3) is 0 Å². The third-order valence-corrected chi connectivity index (χ3v) is 3.15. The van der Waals surface area contributed by atoms with Gasteiger partial charge in [0.05, 0.1) is 14.2 Å². The van der Waals surface area contributed by atoms with Crippen LogP contribution in [0.4, 0.5) is 0 Å². The van der Waals surface area contributed by atoms with Crippen LogP contribution in [0.3, 0.4) is 0 Å². The molecule has 0 unspecified atom stereocenters. The van der Waals surface area contributed by atoms with Crippen LogP contribution in [0.2, 0.25) is 0 Å². The molecule has 0 radical (unpaired) electrons. The average Bonchev–Trinajstić information content (AvgIpc) is 2.40. The molecule has 1 aromatic carbocycles. The van der Waals surface area contributed by atoms with Crippen LogP contribution < -0.4 is 9.47 Å². The van der Waals surface area contributed by atoms with Crippen LogP contribution >= 0.6 is 0 Å². The van der Waals surface area contributed by atoms with E-state index in [1.54, 1.807) is 20.4 Å². The molecule has 0 aliphatic carbocycles. The first-order chi connectivity index (χ1) is 9.46. The first-order valence-corrected chi connectivity index (χ1v) is 6.52. The summed E-state index contributed by atoms with van der Waals surface area (Å²) in [5, 5.41) is 0. The second-order valence-electron chi connectivity index (χ2n) is 4.79. The second-order valence-corrected chi connectivity index (χ2v) is 4.79. The second kappa shape index (κ2) is 6.94. The molecule has 0 spiro atoms. The minimum absolute atomic E-state index is 0.721. The largest absolute Gasteiger partial charge is 0.493 e. The highest BCUT2D eigenvalue weighted by molar-refractivity contribution is 6.24. The highest BCUT2D eigenvalue weighted by Gasteiger charge is 2.14. The van der Waals surface area contributed by atoms with Crippen molar-refractivity contribution in [2.45, 2.75) is 27.7 Å². The number of hydrogen-bond acceptors (Lipinski definition) is 3. The molecule has 108 valence electrons. The van der Waals surface area contributed by atoms with Gasteiger partial charge in [-0.1, -0.05) is 12.2 Å². The maximum Gasteiger partial charge on any atom is 0.161 e. The Labute approximate surface area is 121 Å². The monoisotopic (exact) mass is 273 g/mol. The van der Waals surface area contributed by atoms with Gasteiger partial charge in [-0.2, -0.15) is 0 Å². The molecule has 0 N–H and O–H groups in total. The standard InChI is InChI=1S/C17H23NO2/c1-8-18-13(5)17(11(2)3)14-10-16(20-7)15(19-6)9-12(14)4/h8-10H,1H2,2-7H3. The van der Waals surface area contributed by atoms with E-state index < -0.39 is 0 Å². The first-order valence-electron chi connectivity index (χ1n) is 6.52. The molecule has 1 rings (SSSR count). The number of benzene rings is 1. The highest BCUT2D eigenvalue weighted by atomic mass is 16.5. The third-order valence-electron chi connectivity index (χ3n) is 3.15. The van der Waals surface area contributed by atoms with Crippen LogP contribution in [-0.4, -0.2) is 19.9 Å². The molecule has 1 aromatic rings. The van der Waals surface area contributed by atoms with Crippen molar-refractivity contribution in [2.75, 3.05) is 14.2 Å². The van der Waals surface area contributed by atoms with Crippen LogP contribution in [0, 0.1) is 6.92 Å². The van der Waals surface area contributed by atoms with Crippen molar-refractivity contribution in [3.63, 3.8) is 0 Å². The quantitative estimate of drug-likeness (QED) is 0.744. The predicted octanol–water partition coefficient (Wildman–Crippen LogP) is 4.41. The molecular weight excluding hydrogens is 250 g/mol. The fraction of sp³-hybridized carbons (Fsp3) is 0.353. The van der Waals surface area contributed by atoms with Gasteiger partial charge >= 0.3 is 0 Å². The molecule has 0 bridgehead atoms. The molecule has 0 heterocycles. The van der Waals surface area contributed by atoms with Crippen LogP contribution in [0.15, 0.2) is 35.5 Å². The molecule has 0 atom stereocenters. The lowest BCUT2D eigenvalue weighted by Gasteiger charge is -2.16. The van der Waals surface area contributed by atoms with Crippen molar-refractivity contribution >= 4 is 11.3 Å². The van der Waals surface area contributed by atoms with Crippen molar-refractivity contribution < 1.29 is 9.47 Å². The number of methoxy groups -OCH3 is 2. The summed E-state index contributed by atoms with van der Waals surface area (Å²) in [5.41, 5.74) is 5.48. The van der Waals surface area contributed by atoms with Gasteiger partial charge in [0, 0.05) is 17.5 Å². The Morgan fingerprint density at radius 3 is 2.10 bits per heavy atom. The van der Waals surface area contributed by atoms with Gasteiger partial charge in [0.2, 0.25) is 0 Å². The fourth-order valence-electron chi connectivity index (χ4n) is 2.28. The SMILES string of the molecule is C=CN=C(C)C(=C(C)C)c1cc(OC)c(OC)cc1C. The molecule has 0 aliphatic heterocycles. The molecule has 0 saturated carbocycles. The van der Waals surface area contributed by atoms with Crippen molar-refractivity contribution in [3.05, 3.63) is 41.6 Å². The number of nitrogens with zero attached hydrogens (tertiary/aromatic N) is 1. The maximum absolute atomic E-state index is 5.39. The summed E-state index contributed by atoms with van der Waals surface area (Å²) in [6.07, 6.45) is 1.56. The van der Waals surface area contributed by atoms with Gasteiger partial charge in [0.1, 0.15) is 0 Å². The highest BCUT2D eigenvalue weighted by Crippen LogP contribution is 2.34. The molecule has 0 saturated heterocycles. The molecule has 0 aliphatic rings. The zero-order valence-corrected chi connectivity index (χ0v) is 13.2. The van der Waals surface area contributed by atoms with E-state index >= 15 is 0 Å². The number of aliphatic imine (C=N–C) groups is 1. The minimum atomic E-state index is 0.721. The van der Waals surface area contributed by atoms with E-state index in [4.69, 9.17) is 9.47 Å². The topological polar surface area (TPSA) is 30.8 Å². The molecule has 0 aromatic heterocycles. The lowest BCUT2D eigenvalue weighted by Crippen LogP contribution is -2.03. The predicted molar refractivity (Wildman–Crippen MR) is 85.9 cm³/mol. The molecule has 3 nitrogen and oxygen atoms in total. The Hall–Kier alpha value is -2.03. The number of rotatable bonds is 5. The van der Waals surface area contributed by atoms with E-state index in [-0.39, 0.29) is 0 Å². The van der Waals surface area contributed by atoms with Gasteiger partial charge in [-0.05, 0) is 51.0 Å². The van der Waals surface area contributed by atoms with E-state index in [1.165, 1.54) is 5.57 Å². The Balaban J connectivity index is 3.55. The summed E-state index contributed by atoms with van der Waals surface area (Å²) in [7, 11) is 3.28. The zero-order chi connectivity index (χ0) is 15.3. The summed E-state index contributed by atoms with van der Waals surface area (Å²) in [4.78, 5) is 4.31. The Morgan fingerprint density at radius 2 is 1.65 bits per heavy atom. The van der Waals surface area contributed by atoms with Gasteiger partial charge in [-0.25, -0.2) is 0 Å². The zero-order valence-electron chi connectivity index (χ0n) is 13.2. The third kappa shape index (κ3) is 3.29. The van der Waals surface area contributed by atoms with Crippen LogP contribution in [0.1, 0.15) is 31.9 Å². The normalized spacial score (nSPS) is 11.0. The first kappa shape index (κ1) is 16.0. The summed E-state index contributed by atoms with van der Waals surface area (Å²) >= 11 is 0. The molecular formula is C17H23NO2. The Morgan fingerprint density at radius 1 is 1.10 bits per heavy atom. The average molecular weight is 273 g/mol. The maximum atomic E-state index is 5.39. The Bertz CT molecular complexity index is 565. The lowest BCUT2D eigenvalue weighted by atomic mass is 9.93. The van der Waals surface area contributed by atoms with E-state index in [9.17, 15) is 0 Å². The number of hydrogen-bond donors (Lipinski definition) is 0. The summed E-state index contributed by atoms with van der Waals surface area (Å²) in [5.74, 6) is 1.46. The van der Waals surface area contributed by atoms with E-state index in [0.29, 0.717) is 0 Å². The lowest BCUT2D eigenvalue weighted by molar-refractivity contribution is 0.354. The van der Waals surface area contributed by atoms with Crippen LogP contribution in [0.5, 0.6) is 11.5 Å². The smallest absolute Gasteiger partial charge is 0.161 e. The van der Waals surface area contributed by atoms with Gasteiger partial charge in [-0.3, -0.25) is 4.99 Å². The van der Waals surface area contributed by atoms with E-state index in [0.717, 1.165) is 33.9 Å². The summed E-state index contributed by atoms with van der Waals surface area (Å²) < 4.78 is 10.7. The summed E-state index contributed by atoms with van der Waals surface area (Å²) in [6.45, 7) is 11.9. The van der Waals surface area contributed by atoms with Crippen LogP contribution in [0.25, 0.3) is 5.57 Å². The van der Waals surface area contributed by atoms with Gasteiger partial charge in [-0.15, -0.1) is 0 Å².